The van der Waals surface area contributed by atoms with Crippen LogP contribution in [0.15, 0.2) is 65.7 Å². The highest BCUT2D eigenvalue weighted by Crippen LogP contribution is 2.35. The number of rotatable bonds is 5. The zero-order valence-electron chi connectivity index (χ0n) is 19.1. The van der Waals surface area contributed by atoms with Crippen LogP contribution in [0.5, 0.6) is 5.75 Å². The van der Waals surface area contributed by atoms with Gasteiger partial charge < -0.3 is 10.5 Å². The van der Waals surface area contributed by atoms with Gasteiger partial charge in [-0.25, -0.2) is 0 Å². The van der Waals surface area contributed by atoms with Gasteiger partial charge in [-0.15, -0.1) is 0 Å². The van der Waals surface area contributed by atoms with E-state index in [4.69, 9.17) is 5.73 Å². The molecule has 0 aliphatic heterocycles. The Morgan fingerprint density at radius 3 is 2.46 bits per heavy atom. The molecule has 2 aromatic carbocycles. The van der Waals surface area contributed by atoms with Crippen LogP contribution in [0.2, 0.25) is 0 Å². The van der Waals surface area contributed by atoms with Crippen molar-refractivity contribution in [2.45, 2.75) is 26.3 Å². The maximum atomic E-state index is 13.8. The molecule has 3 heterocycles. The van der Waals surface area contributed by atoms with Crippen LogP contribution in [0, 0.1) is 0 Å². The van der Waals surface area contributed by atoms with Gasteiger partial charge in [-0.3, -0.25) is 19.0 Å². The van der Waals surface area contributed by atoms with Gasteiger partial charge in [0.25, 0.3) is 5.56 Å². The Bertz CT molecular complexity index is 1690. The largest absolute Gasteiger partial charge is 0.435 e. The first-order valence-corrected chi connectivity index (χ1v) is 11.0. The Hall–Kier alpha value is -4.48. The minimum atomic E-state index is -4.73. The molecule has 190 valence electrons. The lowest BCUT2D eigenvalue weighted by Crippen LogP contribution is -2.23. The van der Waals surface area contributed by atoms with Crippen LogP contribution >= 0.6 is 0 Å². The number of benzene rings is 2. The molecule has 3 aromatic heterocycles. The molecule has 0 saturated carbocycles. The number of hydrogen-bond acceptors (Lipinski definition) is 5. The minimum Gasteiger partial charge on any atom is -0.435 e. The molecular weight excluding hydrogens is 497 g/mol. The van der Waals surface area contributed by atoms with E-state index in [-0.39, 0.29) is 33.7 Å². The monoisotopic (exact) mass is 515 g/mol. The Morgan fingerprint density at radius 2 is 1.81 bits per heavy atom. The van der Waals surface area contributed by atoms with Gasteiger partial charge in [-0.05, 0) is 55.0 Å². The van der Waals surface area contributed by atoms with Gasteiger partial charge in [0.2, 0.25) is 0 Å². The van der Waals surface area contributed by atoms with E-state index < -0.39 is 23.9 Å². The third kappa shape index (κ3) is 4.34. The summed E-state index contributed by atoms with van der Waals surface area (Å²) >= 11 is 0. The SMILES string of the molecule is CCn1cc2cc(-c3c(N)c4ncc(C(F)(F)F)cc4n(-c4ccc(OC(F)F)cc4)c3=O)ccc2n1. The van der Waals surface area contributed by atoms with Crippen molar-refractivity contribution < 1.29 is 26.7 Å². The summed E-state index contributed by atoms with van der Waals surface area (Å²) in [7, 11) is 0. The average molecular weight is 515 g/mol. The van der Waals surface area contributed by atoms with Crippen LogP contribution in [-0.4, -0.2) is 25.9 Å². The summed E-state index contributed by atoms with van der Waals surface area (Å²) in [5, 5.41) is 5.14. The molecular formula is C25H18F5N5O2. The van der Waals surface area contributed by atoms with Crippen molar-refractivity contribution in [1.82, 2.24) is 19.3 Å². The number of fused-ring (bicyclic) bond motifs is 2. The highest BCUT2D eigenvalue weighted by molar-refractivity contribution is 5.98. The number of alkyl halides is 5. The summed E-state index contributed by atoms with van der Waals surface area (Å²) in [6.07, 6.45) is -2.29. The lowest BCUT2D eigenvalue weighted by Gasteiger charge is -2.17. The van der Waals surface area contributed by atoms with Gasteiger partial charge >= 0.3 is 12.8 Å². The first kappa shape index (κ1) is 24.2. The molecule has 0 amide bonds. The predicted molar refractivity (Wildman–Crippen MR) is 128 cm³/mol. The molecule has 0 unspecified atom stereocenters. The van der Waals surface area contributed by atoms with Gasteiger partial charge in [0.15, 0.2) is 0 Å². The van der Waals surface area contributed by atoms with E-state index in [9.17, 15) is 26.7 Å². The maximum Gasteiger partial charge on any atom is 0.417 e. The molecule has 0 spiro atoms. The number of halogens is 5. The fraction of sp³-hybridized carbons (Fsp3) is 0.160. The first-order chi connectivity index (χ1) is 17.6. The van der Waals surface area contributed by atoms with E-state index in [2.05, 4.69) is 14.8 Å². The lowest BCUT2D eigenvalue weighted by atomic mass is 10.0. The molecule has 5 rings (SSSR count). The van der Waals surface area contributed by atoms with Crippen LogP contribution in [0.1, 0.15) is 12.5 Å². The normalized spacial score (nSPS) is 12.1. The number of pyridine rings is 2. The second kappa shape index (κ2) is 8.87. The fourth-order valence-corrected chi connectivity index (χ4v) is 4.15. The molecule has 0 bridgehead atoms. The zero-order chi connectivity index (χ0) is 26.5. The summed E-state index contributed by atoms with van der Waals surface area (Å²) in [4.78, 5) is 17.8. The second-order valence-electron chi connectivity index (χ2n) is 8.15. The van der Waals surface area contributed by atoms with E-state index >= 15 is 0 Å². The van der Waals surface area contributed by atoms with Gasteiger partial charge in [0.05, 0.1) is 27.8 Å². The Labute approximate surface area is 205 Å². The number of nitrogen functional groups attached to an aromatic ring is 1. The van der Waals surface area contributed by atoms with Gasteiger partial charge in [0, 0.05) is 30.0 Å². The first-order valence-electron chi connectivity index (χ1n) is 11.0. The third-order valence-corrected chi connectivity index (χ3v) is 5.86. The minimum absolute atomic E-state index is 0.0267. The van der Waals surface area contributed by atoms with Crippen molar-refractivity contribution in [2.75, 3.05) is 5.73 Å². The van der Waals surface area contributed by atoms with E-state index in [0.29, 0.717) is 23.8 Å². The van der Waals surface area contributed by atoms with Crippen LogP contribution in [0.3, 0.4) is 0 Å². The van der Waals surface area contributed by atoms with Crippen molar-refractivity contribution in [2.24, 2.45) is 0 Å². The number of hydrogen-bond donors (Lipinski definition) is 1. The highest BCUT2D eigenvalue weighted by Gasteiger charge is 2.32. The highest BCUT2D eigenvalue weighted by atomic mass is 19.4. The molecule has 7 nitrogen and oxygen atoms in total. The molecule has 37 heavy (non-hydrogen) atoms. The molecule has 2 N–H and O–H groups in total. The number of anilines is 1. The number of aryl methyl sites for hydroxylation is 1. The Balaban J connectivity index is 1.80. The number of ether oxygens (including phenoxy) is 1. The average Bonchev–Trinajstić information content (AvgIpc) is 3.27. The zero-order valence-corrected chi connectivity index (χ0v) is 19.1. The summed E-state index contributed by atoms with van der Waals surface area (Å²) < 4.78 is 72.7. The van der Waals surface area contributed by atoms with Gasteiger partial charge in [0.1, 0.15) is 11.3 Å². The molecule has 0 saturated heterocycles. The maximum absolute atomic E-state index is 13.8. The molecule has 0 radical (unpaired) electrons. The third-order valence-electron chi connectivity index (χ3n) is 5.86. The smallest absolute Gasteiger partial charge is 0.417 e. The van der Waals surface area contributed by atoms with Crippen molar-refractivity contribution >= 4 is 27.6 Å². The van der Waals surface area contributed by atoms with Crippen molar-refractivity contribution in [3.05, 3.63) is 76.8 Å². The Morgan fingerprint density at radius 1 is 1.08 bits per heavy atom. The fourth-order valence-electron chi connectivity index (χ4n) is 4.15. The number of nitrogens with two attached hydrogens (primary N) is 1. The van der Waals surface area contributed by atoms with E-state index in [1.165, 1.54) is 24.3 Å². The predicted octanol–water partition coefficient (Wildman–Crippen LogP) is 5.62. The summed E-state index contributed by atoms with van der Waals surface area (Å²) in [6, 6.07) is 10.8. The van der Waals surface area contributed by atoms with E-state index in [1.807, 2.05) is 6.92 Å². The summed E-state index contributed by atoms with van der Waals surface area (Å²) in [5.74, 6) is -0.181. The summed E-state index contributed by atoms with van der Waals surface area (Å²) in [6.45, 7) is -0.514. The second-order valence-corrected chi connectivity index (χ2v) is 8.15. The van der Waals surface area contributed by atoms with Crippen molar-refractivity contribution in [1.29, 1.82) is 0 Å². The number of aromatic nitrogens is 4. The molecule has 0 aliphatic carbocycles. The van der Waals surface area contributed by atoms with Gasteiger partial charge in [-0.2, -0.15) is 27.1 Å². The molecule has 0 fully saturated rings. The van der Waals surface area contributed by atoms with Crippen LogP contribution in [-0.2, 0) is 12.7 Å². The van der Waals surface area contributed by atoms with E-state index in [0.717, 1.165) is 16.0 Å². The van der Waals surface area contributed by atoms with Crippen molar-refractivity contribution in [3.63, 3.8) is 0 Å². The van der Waals surface area contributed by atoms with Crippen LogP contribution in [0.4, 0.5) is 27.6 Å². The molecule has 5 aromatic rings. The quantitative estimate of drug-likeness (QED) is 0.307. The Kier molecular flexibility index (Phi) is 5.81. The topological polar surface area (TPSA) is 88.0 Å². The van der Waals surface area contributed by atoms with Crippen LogP contribution < -0.4 is 16.0 Å². The molecule has 0 atom stereocenters. The number of nitrogens with zero attached hydrogens (tertiary/aromatic N) is 4. The summed E-state index contributed by atoms with van der Waals surface area (Å²) in [5.41, 5.74) is 5.47. The van der Waals surface area contributed by atoms with Crippen molar-refractivity contribution in [3.8, 4) is 22.6 Å². The molecule has 0 aliphatic rings. The lowest BCUT2D eigenvalue weighted by molar-refractivity contribution is -0.137. The standard InChI is InChI=1S/C25H18F5N5O2/c1-2-34-12-14-9-13(3-8-18(14)33-34)20-21(31)22-19(10-15(11-32-22)25(28,29)30)35(23(20)36)16-4-6-17(7-5-16)37-24(26)27/h3-12,24H,2,31H2,1H3. The van der Waals surface area contributed by atoms with Gasteiger partial charge in [-0.1, -0.05) is 6.07 Å². The molecule has 12 heteroatoms. The van der Waals surface area contributed by atoms with Crippen LogP contribution in [0.25, 0.3) is 38.8 Å². The van der Waals surface area contributed by atoms with E-state index in [1.54, 1.807) is 29.1 Å².